The van der Waals surface area contributed by atoms with Crippen LogP contribution in [-0.4, -0.2) is 11.2 Å². The van der Waals surface area contributed by atoms with Gasteiger partial charge in [-0.05, 0) is 31.4 Å². The number of hydrogen-bond acceptors (Lipinski definition) is 1. The first-order chi connectivity index (χ1) is 7.47. The Morgan fingerprint density at radius 3 is 2.69 bits per heavy atom. The van der Waals surface area contributed by atoms with Crippen molar-refractivity contribution in [2.45, 2.75) is 40.2 Å². The number of aliphatic hydroxyl groups is 1. The van der Waals surface area contributed by atoms with Crippen LogP contribution in [-0.2, 0) is 0 Å². The second kappa shape index (κ2) is 5.31. The van der Waals surface area contributed by atoms with Gasteiger partial charge in [-0.2, -0.15) is 0 Å². The van der Waals surface area contributed by atoms with Crippen molar-refractivity contribution in [3.05, 3.63) is 47.6 Å². The molecule has 1 aliphatic rings. The zero-order valence-electron chi connectivity index (χ0n) is 10.7. The van der Waals surface area contributed by atoms with Crippen LogP contribution in [0, 0.1) is 5.41 Å². The highest BCUT2D eigenvalue weighted by atomic mass is 16.3. The maximum absolute atomic E-state index is 9.47. The van der Waals surface area contributed by atoms with Crippen molar-refractivity contribution < 1.29 is 5.11 Å². The van der Waals surface area contributed by atoms with E-state index in [9.17, 15) is 5.11 Å². The lowest BCUT2D eigenvalue weighted by Gasteiger charge is -2.28. The fraction of sp³-hybridized carbons (Fsp3) is 0.467. The number of aliphatic hydroxyl groups excluding tert-OH is 1. The van der Waals surface area contributed by atoms with Gasteiger partial charge in [0.2, 0.25) is 0 Å². The van der Waals surface area contributed by atoms with Gasteiger partial charge in [-0.15, -0.1) is 0 Å². The number of rotatable bonds is 3. The standard InChI is InChI=1S/C15H22O/c1-5-10-15(3,4)14-9-7-6-8-13(14)11-12(2)16/h5-7,9-12,16H,8H2,1-4H3/b10-5+,13-11+/t12-/m1/s1. The molecule has 88 valence electrons. The first-order valence-corrected chi connectivity index (χ1v) is 5.87. The third-order valence-electron chi connectivity index (χ3n) is 2.80. The van der Waals surface area contributed by atoms with Crippen molar-refractivity contribution >= 4 is 0 Å². The monoisotopic (exact) mass is 218 g/mol. The SMILES string of the molecule is C/C=C/C(C)(C)C1=CC=CC/C1=C\[C@@H](C)O. The van der Waals surface area contributed by atoms with Crippen LogP contribution in [0.2, 0.25) is 0 Å². The van der Waals surface area contributed by atoms with Crippen LogP contribution in [0.25, 0.3) is 0 Å². The third kappa shape index (κ3) is 3.21. The molecule has 0 amide bonds. The second-order valence-electron chi connectivity index (χ2n) is 4.87. The van der Waals surface area contributed by atoms with Crippen LogP contribution in [0.15, 0.2) is 47.6 Å². The Balaban J connectivity index is 3.08. The number of hydrogen-bond donors (Lipinski definition) is 1. The lowest BCUT2D eigenvalue weighted by molar-refractivity contribution is 0.243. The lowest BCUT2D eigenvalue weighted by atomic mass is 9.76. The summed E-state index contributed by atoms with van der Waals surface area (Å²) in [5, 5.41) is 9.47. The zero-order chi connectivity index (χ0) is 12.2. The van der Waals surface area contributed by atoms with E-state index in [1.165, 1.54) is 11.1 Å². The fourth-order valence-corrected chi connectivity index (χ4v) is 2.16. The van der Waals surface area contributed by atoms with E-state index in [4.69, 9.17) is 0 Å². The summed E-state index contributed by atoms with van der Waals surface area (Å²) in [6.45, 7) is 8.24. The van der Waals surface area contributed by atoms with Gasteiger partial charge in [0, 0.05) is 5.41 Å². The van der Waals surface area contributed by atoms with Crippen LogP contribution in [0.4, 0.5) is 0 Å². The smallest absolute Gasteiger partial charge is 0.0698 e. The van der Waals surface area contributed by atoms with Gasteiger partial charge in [-0.1, -0.05) is 50.3 Å². The molecule has 0 saturated carbocycles. The van der Waals surface area contributed by atoms with Gasteiger partial charge in [0.25, 0.3) is 0 Å². The summed E-state index contributed by atoms with van der Waals surface area (Å²) in [5.41, 5.74) is 2.56. The molecular formula is C15H22O. The van der Waals surface area contributed by atoms with E-state index in [0.29, 0.717) is 0 Å². The topological polar surface area (TPSA) is 20.2 Å². The summed E-state index contributed by atoms with van der Waals surface area (Å²) in [4.78, 5) is 0. The molecule has 0 fully saturated rings. The Hall–Kier alpha value is -1.08. The van der Waals surface area contributed by atoms with Crippen molar-refractivity contribution in [2.75, 3.05) is 0 Å². The Morgan fingerprint density at radius 1 is 1.44 bits per heavy atom. The molecular weight excluding hydrogens is 196 g/mol. The van der Waals surface area contributed by atoms with E-state index in [1.54, 1.807) is 6.92 Å². The Labute approximate surface area is 98.9 Å². The normalized spacial score (nSPS) is 21.6. The molecule has 0 saturated heterocycles. The number of allylic oxidation sites excluding steroid dienone is 7. The average Bonchev–Trinajstić information content (AvgIpc) is 2.17. The van der Waals surface area contributed by atoms with E-state index in [0.717, 1.165) is 6.42 Å². The summed E-state index contributed by atoms with van der Waals surface area (Å²) in [6, 6.07) is 0. The van der Waals surface area contributed by atoms with Gasteiger partial charge in [-0.3, -0.25) is 0 Å². The first-order valence-electron chi connectivity index (χ1n) is 5.87. The Bertz CT molecular complexity index is 352. The zero-order valence-corrected chi connectivity index (χ0v) is 10.7. The quantitative estimate of drug-likeness (QED) is 0.715. The predicted molar refractivity (Wildman–Crippen MR) is 70.2 cm³/mol. The van der Waals surface area contributed by atoms with Gasteiger partial charge >= 0.3 is 0 Å². The van der Waals surface area contributed by atoms with E-state index in [-0.39, 0.29) is 11.5 Å². The van der Waals surface area contributed by atoms with Crippen molar-refractivity contribution in [3.63, 3.8) is 0 Å². The van der Waals surface area contributed by atoms with E-state index < -0.39 is 0 Å². The van der Waals surface area contributed by atoms with Gasteiger partial charge in [0.1, 0.15) is 0 Å². The fourth-order valence-electron chi connectivity index (χ4n) is 2.16. The van der Waals surface area contributed by atoms with Crippen molar-refractivity contribution in [1.29, 1.82) is 0 Å². The summed E-state index contributed by atoms with van der Waals surface area (Å²) in [6.07, 6.45) is 13.1. The largest absolute Gasteiger partial charge is 0.389 e. The molecule has 1 rings (SSSR count). The molecule has 1 N–H and O–H groups in total. The van der Waals surface area contributed by atoms with Crippen LogP contribution < -0.4 is 0 Å². The van der Waals surface area contributed by atoms with Crippen molar-refractivity contribution in [1.82, 2.24) is 0 Å². The highest BCUT2D eigenvalue weighted by molar-refractivity contribution is 5.45. The molecule has 0 bridgehead atoms. The van der Waals surface area contributed by atoms with E-state index in [2.05, 4.69) is 44.2 Å². The summed E-state index contributed by atoms with van der Waals surface area (Å²) >= 11 is 0. The summed E-state index contributed by atoms with van der Waals surface area (Å²) in [5.74, 6) is 0. The van der Waals surface area contributed by atoms with E-state index in [1.807, 2.05) is 13.0 Å². The molecule has 1 atom stereocenters. The Morgan fingerprint density at radius 2 is 2.12 bits per heavy atom. The van der Waals surface area contributed by atoms with Gasteiger partial charge in [0.05, 0.1) is 6.10 Å². The van der Waals surface area contributed by atoms with Crippen molar-refractivity contribution in [3.8, 4) is 0 Å². The molecule has 0 aromatic heterocycles. The molecule has 1 nitrogen and oxygen atoms in total. The summed E-state index contributed by atoms with van der Waals surface area (Å²) in [7, 11) is 0. The molecule has 0 aromatic carbocycles. The molecule has 16 heavy (non-hydrogen) atoms. The van der Waals surface area contributed by atoms with Gasteiger partial charge in [-0.25, -0.2) is 0 Å². The van der Waals surface area contributed by atoms with Crippen LogP contribution in [0.5, 0.6) is 0 Å². The first kappa shape index (κ1) is 13.0. The molecule has 0 radical (unpaired) electrons. The highest BCUT2D eigenvalue weighted by Gasteiger charge is 2.23. The van der Waals surface area contributed by atoms with Gasteiger partial charge < -0.3 is 5.11 Å². The maximum atomic E-state index is 9.47. The van der Waals surface area contributed by atoms with Crippen LogP contribution >= 0.6 is 0 Å². The minimum absolute atomic E-state index is 0.0280. The van der Waals surface area contributed by atoms with E-state index >= 15 is 0 Å². The molecule has 0 heterocycles. The van der Waals surface area contributed by atoms with Gasteiger partial charge in [0.15, 0.2) is 0 Å². The predicted octanol–water partition coefficient (Wildman–Crippen LogP) is 3.78. The second-order valence-corrected chi connectivity index (χ2v) is 4.87. The molecule has 1 aliphatic carbocycles. The molecule has 1 heteroatoms. The summed E-state index contributed by atoms with van der Waals surface area (Å²) < 4.78 is 0. The van der Waals surface area contributed by atoms with Crippen LogP contribution in [0.1, 0.15) is 34.1 Å². The molecule has 0 aromatic rings. The molecule has 0 aliphatic heterocycles. The molecule has 0 spiro atoms. The average molecular weight is 218 g/mol. The van der Waals surface area contributed by atoms with Crippen molar-refractivity contribution in [2.24, 2.45) is 5.41 Å². The minimum Gasteiger partial charge on any atom is -0.389 e. The third-order valence-corrected chi connectivity index (χ3v) is 2.80. The maximum Gasteiger partial charge on any atom is 0.0698 e. The highest BCUT2D eigenvalue weighted by Crippen LogP contribution is 2.36. The minimum atomic E-state index is -0.383. The Kier molecular flexibility index (Phi) is 4.31. The molecule has 0 unspecified atom stereocenters. The lowest BCUT2D eigenvalue weighted by Crippen LogP contribution is -2.15. The van der Waals surface area contributed by atoms with Crippen LogP contribution in [0.3, 0.4) is 0 Å².